The summed E-state index contributed by atoms with van der Waals surface area (Å²) in [5.41, 5.74) is 3.17. The van der Waals surface area contributed by atoms with Gasteiger partial charge in [-0.05, 0) is 91.3 Å². The van der Waals surface area contributed by atoms with E-state index in [0.29, 0.717) is 18.1 Å². The zero-order valence-corrected chi connectivity index (χ0v) is 23.6. The number of pyridine rings is 1. The number of rotatable bonds is 8. The summed E-state index contributed by atoms with van der Waals surface area (Å²) in [6.07, 6.45) is 5.88. The van der Waals surface area contributed by atoms with E-state index in [1.54, 1.807) is 18.1 Å². The average molecular weight is 511 g/mol. The van der Waals surface area contributed by atoms with Crippen LogP contribution in [0.5, 0.6) is 0 Å². The number of nitrogens with zero attached hydrogens (tertiary/aromatic N) is 5. The molecule has 1 N–H and O–H groups in total. The molecule has 9 nitrogen and oxygen atoms in total. The first-order chi connectivity index (χ1) is 17.2. The summed E-state index contributed by atoms with van der Waals surface area (Å²) in [7, 11) is 3.65. The number of carbonyl (C=O) groups is 2. The number of ether oxygens (including phenoxy) is 1. The monoisotopic (exact) mass is 510 g/mol. The lowest BCUT2D eigenvalue weighted by Crippen LogP contribution is -2.45. The van der Waals surface area contributed by atoms with Crippen LogP contribution in [0.1, 0.15) is 71.2 Å². The van der Waals surface area contributed by atoms with E-state index in [-0.39, 0.29) is 24.1 Å². The molecular weight excluding hydrogens is 468 g/mol. The molecule has 0 spiro atoms. The Bertz CT molecular complexity index is 1120. The van der Waals surface area contributed by atoms with E-state index in [1.807, 2.05) is 65.6 Å². The van der Waals surface area contributed by atoms with Gasteiger partial charge in [0, 0.05) is 43.6 Å². The zero-order chi connectivity index (χ0) is 27.4. The molecule has 37 heavy (non-hydrogen) atoms. The summed E-state index contributed by atoms with van der Waals surface area (Å²) < 4.78 is 5.43. The summed E-state index contributed by atoms with van der Waals surface area (Å²) in [5, 5.41) is 3.02. The molecule has 0 saturated carbocycles. The van der Waals surface area contributed by atoms with Crippen molar-refractivity contribution < 1.29 is 14.3 Å². The highest BCUT2D eigenvalue weighted by Gasteiger charge is 2.24. The molecule has 0 aliphatic heterocycles. The molecule has 0 fully saturated rings. The van der Waals surface area contributed by atoms with Crippen molar-refractivity contribution in [3.05, 3.63) is 35.2 Å². The Hall–Kier alpha value is -3.23. The van der Waals surface area contributed by atoms with E-state index in [4.69, 9.17) is 14.7 Å². The Balaban J connectivity index is 1.72. The van der Waals surface area contributed by atoms with Gasteiger partial charge in [-0.1, -0.05) is 0 Å². The maximum Gasteiger partial charge on any atom is 0.410 e. The van der Waals surface area contributed by atoms with Crippen LogP contribution in [-0.4, -0.2) is 70.2 Å². The van der Waals surface area contributed by atoms with Gasteiger partial charge in [0.1, 0.15) is 17.1 Å². The second-order valence-corrected chi connectivity index (χ2v) is 11.9. The van der Waals surface area contributed by atoms with Crippen molar-refractivity contribution in [1.29, 1.82) is 0 Å². The van der Waals surface area contributed by atoms with Crippen molar-refractivity contribution in [2.75, 3.05) is 32.1 Å². The van der Waals surface area contributed by atoms with E-state index in [1.165, 1.54) is 0 Å². The second-order valence-electron chi connectivity index (χ2n) is 11.9. The Kier molecular flexibility index (Phi) is 8.76. The van der Waals surface area contributed by atoms with Gasteiger partial charge in [-0.3, -0.25) is 9.78 Å². The Morgan fingerprint density at radius 3 is 2.49 bits per heavy atom. The van der Waals surface area contributed by atoms with Gasteiger partial charge >= 0.3 is 6.09 Å². The van der Waals surface area contributed by atoms with Crippen LogP contribution >= 0.6 is 0 Å². The number of aryl methyl sites for hydroxylation is 2. The van der Waals surface area contributed by atoms with Crippen LogP contribution in [0.3, 0.4) is 0 Å². The molecule has 1 aliphatic carbocycles. The van der Waals surface area contributed by atoms with Crippen molar-refractivity contribution in [3.8, 4) is 11.5 Å². The van der Waals surface area contributed by atoms with Gasteiger partial charge in [0.25, 0.3) is 0 Å². The number of aromatic nitrogens is 3. The summed E-state index contributed by atoms with van der Waals surface area (Å²) in [4.78, 5) is 42.5. The van der Waals surface area contributed by atoms with Gasteiger partial charge in [0.15, 0.2) is 5.82 Å². The van der Waals surface area contributed by atoms with Crippen molar-refractivity contribution in [2.45, 2.75) is 84.8 Å². The number of likely N-dealkylation sites (N-methyl/N-ethyl adjacent to an activating group) is 1. The molecule has 0 bridgehead atoms. The van der Waals surface area contributed by atoms with Crippen LogP contribution in [0.15, 0.2) is 18.3 Å². The molecule has 0 atom stereocenters. The number of fused-ring (bicyclic) bond motifs is 1. The van der Waals surface area contributed by atoms with Gasteiger partial charge < -0.3 is 19.9 Å². The highest BCUT2D eigenvalue weighted by molar-refractivity contribution is 5.82. The first-order valence-electron chi connectivity index (χ1n) is 13.0. The van der Waals surface area contributed by atoms with Gasteiger partial charge in [-0.2, -0.15) is 0 Å². The van der Waals surface area contributed by atoms with Crippen LogP contribution < -0.4 is 10.2 Å². The summed E-state index contributed by atoms with van der Waals surface area (Å²) in [5.74, 6) is 1.33. The number of anilines is 1. The predicted molar refractivity (Wildman–Crippen MR) is 146 cm³/mol. The first kappa shape index (κ1) is 28.3. The predicted octanol–water partition coefficient (Wildman–Crippen LogP) is 4.18. The van der Waals surface area contributed by atoms with Gasteiger partial charge in [-0.15, -0.1) is 0 Å². The fourth-order valence-corrected chi connectivity index (χ4v) is 4.29. The highest BCUT2D eigenvalue weighted by Crippen LogP contribution is 2.30. The van der Waals surface area contributed by atoms with E-state index in [0.717, 1.165) is 54.7 Å². The van der Waals surface area contributed by atoms with Crippen molar-refractivity contribution in [3.63, 3.8) is 0 Å². The number of amides is 2. The molecule has 2 amide bonds. The molecule has 0 radical (unpaired) electrons. The standard InChI is InChI=1S/C28H42N6O3/c1-27(2,3)32-23(35)18-34(8)25-20-12-9-13-21(20)30-24(31-25)22-17-19(14-15-29-22)11-10-16-33(7)26(36)37-28(4,5)6/h14-15,17H,9-13,16,18H2,1-8H3,(H,32,35). The van der Waals surface area contributed by atoms with E-state index >= 15 is 0 Å². The lowest BCUT2D eigenvalue weighted by molar-refractivity contribution is -0.121. The molecule has 2 aromatic heterocycles. The molecule has 202 valence electrons. The molecular formula is C28H42N6O3. The fraction of sp³-hybridized carbons (Fsp3) is 0.607. The quantitative estimate of drug-likeness (QED) is 0.569. The summed E-state index contributed by atoms with van der Waals surface area (Å²) in [6.45, 7) is 12.3. The smallest absolute Gasteiger partial charge is 0.410 e. The maximum atomic E-state index is 12.6. The van der Waals surface area contributed by atoms with Crippen LogP contribution in [-0.2, 0) is 28.8 Å². The topological polar surface area (TPSA) is 101 Å². The van der Waals surface area contributed by atoms with Crippen molar-refractivity contribution >= 4 is 17.8 Å². The van der Waals surface area contributed by atoms with Crippen molar-refractivity contribution in [1.82, 2.24) is 25.2 Å². The largest absolute Gasteiger partial charge is 0.444 e. The molecule has 2 aromatic rings. The minimum absolute atomic E-state index is 0.0432. The molecule has 0 aromatic carbocycles. The van der Waals surface area contributed by atoms with E-state index < -0.39 is 5.60 Å². The molecule has 9 heteroatoms. The average Bonchev–Trinajstić information content (AvgIpc) is 3.24. The van der Waals surface area contributed by atoms with Crippen LogP contribution in [0.4, 0.5) is 10.6 Å². The van der Waals surface area contributed by atoms with Gasteiger partial charge in [-0.25, -0.2) is 14.8 Å². The zero-order valence-electron chi connectivity index (χ0n) is 23.6. The lowest BCUT2D eigenvalue weighted by atomic mass is 10.1. The molecule has 2 heterocycles. The number of carbonyl (C=O) groups excluding carboxylic acids is 2. The summed E-state index contributed by atoms with van der Waals surface area (Å²) in [6, 6.07) is 3.99. The maximum absolute atomic E-state index is 12.6. The lowest BCUT2D eigenvalue weighted by Gasteiger charge is -2.25. The minimum atomic E-state index is -0.509. The van der Waals surface area contributed by atoms with Gasteiger partial charge in [0.05, 0.1) is 6.54 Å². The third-order valence-corrected chi connectivity index (χ3v) is 5.89. The summed E-state index contributed by atoms with van der Waals surface area (Å²) >= 11 is 0. The number of hydrogen-bond donors (Lipinski definition) is 1. The Morgan fingerprint density at radius 1 is 1.08 bits per heavy atom. The molecule has 0 saturated heterocycles. The first-order valence-corrected chi connectivity index (χ1v) is 13.0. The Morgan fingerprint density at radius 2 is 1.81 bits per heavy atom. The van der Waals surface area contributed by atoms with Crippen molar-refractivity contribution in [2.24, 2.45) is 0 Å². The number of nitrogens with one attached hydrogen (secondary N) is 1. The highest BCUT2D eigenvalue weighted by atomic mass is 16.6. The van der Waals surface area contributed by atoms with Crippen LogP contribution in [0.2, 0.25) is 0 Å². The fourth-order valence-electron chi connectivity index (χ4n) is 4.29. The van der Waals surface area contributed by atoms with Crippen LogP contribution in [0, 0.1) is 0 Å². The molecule has 3 rings (SSSR count). The minimum Gasteiger partial charge on any atom is -0.444 e. The van der Waals surface area contributed by atoms with E-state index in [9.17, 15) is 9.59 Å². The Labute approximate surface area is 221 Å². The third-order valence-electron chi connectivity index (χ3n) is 5.89. The van der Waals surface area contributed by atoms with Crippen LogP contribution in [0.25, 0.3) is 11.5 Å². The van der Waals surface area contributed by atoms with E-state index in [2.05, 4.69) is 10.3 Å². The second kappa shape index (κ2) is 11.4. The molecule has 0 unspecified atom stereocenters. The normalized spacial score (nSPS) is 13.2. The third kappa shape index (κ3) is 8.40. The number of hydrogen-bond acceptors (Lipinski definition) is 7. The van der Waals surface area contributed by atoms with Gasteiger partial charge in [0.2, 0.25) is 5.91 Å². The SMILES string of the molecule is CN(CCCc1ccnc(-c2nc3c(c(N(C)CC(=O)NC(C)(C)C)n2)CCC3)c1)C(=O)OC(C)(C)C. The molecule has 1 aliphatic rings.